The summed E-state index contributed by atoms with van der Waals surface area (Å²) in [5, 5.41) is 37.9. The maximum Gasteiger partial charge on any atom is 0.297 e. The molecule has 0 aromatic heterocycles. The van der Waals surface area contributed by atoms with Gasteiger partial charge in [-0.2, -0.15) is 21.0 Å². The van der Waals surface area contributed by atoms with E-state index < -0.39 is 47.4 Å². The highest BCUT2D eigenvalue weighted by atomic mass is 32.2. The fourth-order valence-corrected chi connectivity index (χ4v) is 3.35. The Morgan fingerprint density at radius 2 is 1.63 bits per heavy atom. The molecule has 30 heavy (non-hydrogen) atoms. The van der Waals surface area contributed by atoms with Gasteiger partial charge < -0.3 is 34.6 Å². The standard InChI is InChI=1S/C13H18O8S.C5H12O2S/c1-7-2-4-8(5-3-7)22(18,19)20-6-9-10(14)11(15)12(16)13(17)21-9;1-6-2-3-7-4-5-8/h2-5,9-17H,6H2,1H3;8H,2-5H2,1H3/t9?,10-,11-,12?,13?;/m0./s1. The fourth-order valence-electron chi connectivity index (χ4n) is 2.31. The van der Waals surface area contributed by atoms with Crippen molar-refractivity contribution in [3.05, 3.63) is 29.8 Å². The van der Waals surface area contributed by atoms with Crippen molar-refractivity contribution < 1.29 is 47.2 Å². The number of methoxy groups -OCH3 is 1. The Hall–Kier alpha value is -0.800. The highest BCUT2D eigenvalue weighted by molar-refractivity contribution is 7.86. The van der Waals surface area contributed by atoms with E-state index in [0.717, 1.165) is 11.3 Å². The summed E-state index contributed by atoms with van der Waals surface area (Å²) in [6.07, 6.45) is -7.98. The predicted octanol–water partition coefficient (Wildman–Crippen LogP) is -0.921. The van der Waals surface area contributed by atoms with Crippen LogP contribution in [0.25, 0.3) is 0 Å². The molecule has 0 bridgehead atoms. The molecular weight excluding hydrogens is 440 g/mol. The number of aryl methyl sites for hydroxylation is 1. The van der Waals surface area contributed by atoms with Gasteiger partial charge in [0.25, 0.3) is 10.1 Å². The molecule has 0 spiro atoms. The minimum Gasteiger partial charge on any atom is -0.387 e. The number of thiol groups is 1. The van der Waals surface area contributed by atoms with Gasteiger partial charge in [0, 0.05) is 12.9 Å². The first kappa shape index (κ1) is 27.2. The van der Waals surface area contributed by atoms with Crippen LogP contribution in [0.15, 0.2) is 29.2 Å². The van der Waals surface area contributed by atoms with Crippen molar-refractivity contribution in [2.45, 2.75) is 42.5 Å². The zero-order chi connectivity index (χ0) is 22.7. The van der Waals surface area contributed by atoms with Crippen molar-refractivity contribution in [2.24, 2.45) is 0 Å². The van der Waals surface area contributed by atoms with Crippen LogP contribution < -0.4 is 0 Å². The quantitative estimate of drug-likeness (QED) is 0.174. The highest BCUT2D eigenvalue weighted by Crippen LogP contribution is 2.21. The third kappa shape index (κ3) is 8.75. The Balaban J connectivity index is 0.000000479. The van der Waals surface area contributed by atoms with E-state index in [1.807, 2.05) is 0 Å². The number of ether oxygens (including phenoxy) is 3. The Kier molecular flexibility index (Phi) is 12.3. The summed E-state index contributed by atoms with van der Waals surface area (Å²) in [4.78, 5) is -0.0652. The second-order valence-corrected chi connectivity index (χ2v) is 8.48. The molecule has 0 amide bonds. The van der Waals surface area contributed by atoms with Gasteiger partial charge in [-0.3, -0.25) is 4.18 Å². The van der Waals surface area contributed by atoms with E-state index in [1.54, 1.807) is 26.2 Å². The van der Waals surface area contributed by atoms with E-state index in [-0.39, 0.29) is 4.90 Å². The monoisotopic (exact) mass is 470 g/mol. The molecule has 0 aliphatic carbocycles. The molecule has 0 radical (unpaired) electrons. The van der Waals surface area contributed by atoms with E-state index >= 15 is 0 Å². The van der Waals surface area contributed by atoms with Gasteiger partial charge in [-0.15, -0.1) is 0 Å². The van der Waals surface area contributed by atoms with Crippen LogP contribution in [0.3, 0.4) is 0 Å². The van der Waals surface area contributed by atoms with E-state index in [4.69, 9.17) is 18.4 Å². The zero-order valence-corrected chi connectivity index (χ0v) is 18.5. The summed E-state index contributed by atoms with van der Waals surface area (Å²) in [5.74, 6) is 0.781. The summed E-state index contributed by atoms with van der Waals surface area (Å²) < 4.78 is 43.4. The lowest BCUT2D eigenvalue weighted by Crippen LogP contribution is -2.58. The number of rotatable bonds is 9. The van der Waals surface area contributed by atoms with Crippen LogP contribution in [0.1, 0.15) is 5.56 Å². The Bertz CT molecular complexity index is 691. The van der Waals surface area contributed by atoms with E-state index in [9.17, 15) is 28.8 Å². The van der Waals surface area contributed by atoms with E-state index in [1.165, 1.54) is 12.1 Å². The third-order valence-corrected chi connectivity index (χ3v) is 5.53. The van der Waals surface area contributed by atoms with E-state index in [0.29, 0.717) is 19.8 Å². The van der Waals surface area contributed by atoms with Crippen LogP contribution in [-0.4, -0.2) is 98.8 Å². The number of hydrogen-bond acceptors (Lipinski definition) is 11. The summed E-state index contributed by atoms with van der Waals surface area (Å²) in [5.41, 5.74) is 0.880. The molecule has 1 saturated heterocycles. The molecule has 2 rings (SSSR count). The van der Waals surface area contributed by atoms with Crippen LogP contribution in [0, 0.1) is 6.92 Å². The molecule has 1 aliphatic rings. The number of hydrogen-bond donors (Lipinski definition) is 5. The van der Waals surface area contributed by atoms with Crippen molar-refractivity contribution in [2.75, 3.05) is 39.3 Å². The zero-order valence-electron chi connectivity index (χ0n) is 16.8. The third-order valence-electron chi connectivity index (χ3n) is 4.05. The van der Waals surface area contributed by atoms with Gasteiger partial charge >= 0.3 is 0 Å². The van der Waals surface area contributed by atoms with Crippen LogP contribution >= 0.6 is 12.6 Å². The van der Waals surface area contributed by atoms with Gasteiger partial charge in [-0.25, -0.2) is 0 Å². The number of benzene rings is 1. The number of aliphatic hydroxyl groups excluding tert-OH is 4. The largest absolute Gasteiger partial charge is 0.387 e. The van der Waals surface area contributed by atoms with Crippen LogP contribution in [0.2, 0.25) is 0 Å². The maximum absolute atomic E-state index is 12.0. The van der Waals surface area contributed by atoms with Crippen molar-refractivity contribution in [3.8, 4) is 0 Å². The fraction of sp³-hybridized carbons (Fsp3) is 0.667. The molecule has 4 N–H and O–H groups in total. The molecule has 0 saturated carbocycles. The van der Waals surface area contributed by atoms with Gasteiger partial charge in [0.1, 0.15) is 24.4 Å². The Morgan fingerprint density at radius 3 is 2.20 bits per heavy atom. The molecule has 3 unspecified atom stereocenters. The maximum atomic E-state index is 12.0. The first-order valence-corrected chi connectivity index (χ1v) is 11.2. The molecule has 1 fully saturated rings. The molecule has 1 aromatic carbocycles. The molecule has 1 aliphatic heterocycles. The second kappa shape index (κ2) is 13.6. The lowest BCUT2D eigenvalue weighted by atomic mass is 10.00. The first-order chi connectivity index (χ1) is 14.1. The highest BCUT2D eigenvalue weighted by Gasteiger charge is 2.43. The predicted molar refractivity (Wildman–Crippen MR) is 110 cm³/mol. The van der Waals surface area contributed by atoms with Crippen LogP contribution in [-0.2, 0) is 28.5 Å². The van der Waals surface area contributed by atoms with Gasteiger partial charge in [-0.05, 0) is 19.1 Å². The smallest absolute Gasteiger partial charge is 0.297 e. The van der Waals surface area contributed by atoms with Gasteiger partial charge in [0.15, 0.2) is 6.29 Å². The molecule has 10 nitrogen and oxygen atoms in total. The van der Waals surface area contributed by atoms with Crippen molar-refractivity contribution >= 4 is 22.7 Å². The van der Waals surface area contributed by atoms with E-state index in [2.05, 4.69) is 12.6 Å². The lowest BCUT2D eigenvalue weighted by Gasteiger charge is -2.37. The molecule has 5 atom stereocenters. The average Bonchev–Trinajstić information content (AvgIpc) is 2.72. The normalized spacial score (nSPS) is 26.7. The SMILES string of the molecule is COCCOCCS.Cc1ccc(S(=O)(=O)OCC2OC(O)C(O)[C@@H](O)[C@H]2O)cc1. The molecule has 12 heteroatoms. The molecular formula is C18H30O10S2. The van der Waals surface area contributed by atoms with Crippen molar-refractivity contribution in [3.63, 3.8) is 0 Å². The first-order valence-electron chi connectivity index (χ1n) is 9.15. The minimum atomic E-state index is -4.07. The van der Waals surface area contributed by atoms with Gasteiger partial charge in [0.2, 0.25) is 0 Å². The summed E-state index contributed by atoms with van der Waals surface area (Å²) >= 11 is 3.96. The number of aliphatic hydroxyl groups is 4. The summed E-state index contributed by atoms with van der Waals surface area (Å²) in [6, 6.07) is 5.95. The topological polar surface area (TPSA) is 152 Å². The van der Waals surface area contributed by atoms with Crippen molar-refractivity contribution in [1.29, 1.82) is 0 Å². The average molecular weight is 471 g/mol. The molecule has 1 aromatic rings. The molecule has 174 valence electrons. The Morgan fingerprint density at radius 1 is 1.00 bits per heavy atom. The second-order valence-electron chi connectivity index (χ2n) is 6.42. The lowest BCUT2D eigenvalue weighted by molar-refractivity contribution is -0.285. The van der Waals surface area contributed by atoms with Crippen LogP contribution in [0.4, 0.5) is 0 Å². The molecule has 1 heterocycles. The van der Waals surface area contributed by atoms with Crippen molar-refractivity contribution in [1.82, 2.24) is 0 Å². The summed E-state index contributed by atoms with van der Waals surface area (Å²) in [7, 11) is -2.41. The Labute approximate surface area is 181 Å². The van der Waals surface area contributed by atoms with Crippen LogP contribution in [0.5, 0.6) is 0 Å². The minimum absolute atomic E-state index is 0.0652. The summed E-state index contributed by atoms with van der Waals surface area (Å²) in [6.45, 7) is 3.26. The van der Waals surface area contributed by atoms with Gasteiger partial charge in [-0.1, -0.05) is 17.7 Å². The van der Waals surface area contributed by atoms with Gasteiger partial charge in [0.05, 0.1) is 31.3 Å².